The Morgan fingerprint density at radius 1 is 1.11 bits per heavy atom. The van der Waals surface area contributed by atoms with Gasteiger partial charge >= 0.3 is 0 Å². The molecule has 1 atom stereocenters. The summed E-state index contributed by atoms with van der Waals surface area (Å²) in [6.07, 6.45) is 6.50. The first kappa shape index (κ1) is 18.2. The average Bonchev–Trinajstić information content (AvgIpc) is 3.02. The normalized spacial score (nSPS) is 19.9. The topological polar surface area (TPSA) is 45.6 Å². The predicted molar refractivity (Wildman–Crippen MR) is 107 cm³/mol. The summed E-state index contributed by atoms with van der Waals surface area (Å²) < 4.78 is 2.02. The molecule has 0 spiro atoms. The van der Waals surface area contributed by atoms with Gasteiger partial charge in [0.15, 0.2) is 5.78 Å². The second-order valence-electron chi connectivity index (χ2n) is 7.94. The number of hydrogen-bond acceptors (Lipinski definition) is 3. The Kier molecular flexibility index (Phi) is 5.04. The van der Waals surface area contributed by atoms with Crippen molar-refractivity contribution in [3.63, 3.8) is 0 Å². The molecule has 2 aliphatic heterocycles. The van der Waals surface area contributed by atoms with Crippen LogP contribution in [0.25, 0.3) is 10.9 Å². The zero-order valence-electron chi connectivity index (χ0n) is 16.4. The fourth-order valence-electron chi connectivity index (χ4n) is 4.59. The molecule has 2 fully saturated rings. The minimum atomic E-state index is -0.245. The van der Waals surface area contributed by atoms with Crippen molar-refractivity contribution in [2.75, 3.05) is 26.2 Å². The molecule has 2 aromatic rings. The fourth-order valence-corrected chi connectivity index (χ4v) is 4.59. The number of benzene rings is 1. The molecule has 1 aromatic heterocycles. The third-order valence-electron chi connectivity index (χ3n) is 6.21. The number of carbonyl (C=O) groups excluding carboxylic acids is 2. The molecule has 1 unspecified atom stereocenters. The van der Waals surface area contributed by atoms with Gasteiger partial charge in [0.25, 0.3) is 0 Å². The van der Waals surface area contributed by atoms with Crippen molar-refractivity contribution >= 4 is 22.6 Å². The Balaban J connectivity index is 1.53. The van der Waals surface area contributed by atoms with E-state index >= 15 is 0 Å². The van der Waals surface area contributed by atoms with Crippen LogP contribution in [0.4, 0.5) is 0 Å². The molecule has 1 amide bonds. The summed E-state index contributed by atoms with van der Waals surface area (Å²) in [5.74, 6) is 0.225. The molecule has 0 aliphatic carbocycles. The van der Waals surface area contributed by atoms with Gasteiger partial charge in [-0.15, -0.1) is 0 Å². The van der Waals surface area contributed by atoms with Gasteiger partial charge in [-0.25, -0.2) is 0 Å². The molecule has 5 heteroatoms. The number of hydrogen-bond donors (Lipinski definition) is 0. The maximum atomic E-state index is 13.2. The van der Waals surface area contributed by atoms with E-state index in [1.165, 1.54) is 32.4 Å². The molecular formula is C22H29N3O2. The van der Waals surface area contributed by atoms with Crippen molar-refractivity contribution in [3.8, 4) is 0 Å². The van der Waals surface area contributed by atoms with Crippen molar-refractivity contribution in [1.29, 1.82) is 0 Å². The number of ketones is 1. The average molecular weight is 367 g/mol. The molecule has 2 aliphatic rings. The maximum Gasteiger partial charge on any atom is 0.245 e. The number of Topliss-reactive ketones (excluding diaryl/α,β-unsaturated/α-hetero) is 1. The van der Waals surface area contributed by atoms with Crippen LogP contribution in [-0.4, -0.2) is 58.3 Å². The van der Waals surface area contributed by atoms with Gasteiger partial charge in [-0.1, -0.05) is 31.5 Å². The van der Waals surface area contributed by atoms with Crippen LogP contribution in [0.3, 0.4) is 0 Å². The van der Waals surface area contributed by atoms with Crippen molar-refractivity contribution in [3.05, 3.63) is 36.0 Å². The molecule has 5 nitrogen and oxygen atoms in total. The highest BCUT2D eigenvalue weighted by atomic mass is 16.2. The van der Waals surface area contributed by atoms with E-state index in [4.69, 9.17) is 0 Å². The number of fused-ring (bicyclic) bond motifs is 1. The lowest BCUT2D eigenvalue weighted by atomic mass is 10.0. The summed E-state index contributed by atoms with van der Waals surface area (Å²) in [7, 11) is 0. The van der Waals surface area contributed by atoms with Gasteiger partial charge in [-0.05, 0) is 45.3 Å². The summed E-state index contributed by atoms with van der Waals surface area (Å²) in [4.78, 5) is 29.8. The van der Waals surface area contributed by atoms with Gasteiger partial charge in [0.1, 0.15) is 6.04 Å². The Morgan fingerprint density at radius 3 is 2.48 bits per heavy atom. The van der Waals surface area contributed by atoms with E-state index in [0.29, 0.717) is 11.6 Å². The summed E-state index contributed by atoms with van der Waals surface area (Å²) in [5, 5.41) is 0.936. The zero-order chi connectivity index (χ0) is 19.0. The molecule has 3 heterocycles. The second kappa shape index (κ2) is 7.47. The molecular weight excluding hydrogens is 338 g/mol. The van der Waals surface area contributed by atoms with Gasteiger partial charge in [0.2, 0.25) is 5.91 Å². The number of aromatic nitrogens is 1. The lowest BCUT2D eigenvalue weighted by molar-refractivity contribution is -0.142. The molecule has 0 radical (unpaired) electrons. The van der Waals surface area contributed by atoms with Crippen LogP contribution in [0.2, 0.25) is 0 Å². The van der Waals surface area contributed by atoms with Crippen molar-refractivity contribution in [2.45, 2.75) is 51.6 Å². The van der Waals surface area contributed by atoms with E-state index in [-0.39, 0.29) is 17.7 Å². The molecule has 2 saturated heterocycles. The molecule has 144 valence electrons. The van der Waals surface area contributed by atoms with E-state index in [9.17, 15) is 9.59 Å². The van der Waals surface area contributed by atoms with Crippen LogP contribution in [0.1, 0.15) is 55.9 Å². The fraction of sp³-hybridized carbons (Fsp3) is 0.545. The molecule has 0 N–H and O–H groups in total. The van der Waals surface area contributed by atoms with Crippen molar-refractivity contribution in [1.82, 2.24) is 14.4 Å². The van der Waals surface area contributed by atoms with Crippen LogP contribution in [-0.2, 0) is 4.79 Å². The maximum absolute atomic E-state index is 13.2. The third-order valence-corrected chi connectivity index (χ3v) is 6.21. The lowest BCUT2D eigenvalue weighted by Crippen LogP contribution is -2.62. The first-order valence-corrected chi connectivity index (χ1v) is 10.2. The SMILES string of the molecule is CCC(C(=O)N1CC(N2CCCCC2)C1)n1cc(C(C)=O)c2ccccc21. The first-order chi connectivity index (χ1) is 13.1. The molecule has 0 saturated carbocycles. The van der Waals surface area contributed by atoms with Gasteiger partial charge in [-0.3, -0.25) is 14.5 Å². The number of carbonyl (C=O) groups is 2. The number of piperidine rings is 1. The summed E-state index contributed by atoms with van der Waals surface area (Å²) in [6.45, 7) is 7.67. The van der Waals surface area contributed by atoms with E-state index in [2.05, 4.69) is 4.90 Å². The van der Waals surface area contributed by atoms with Gasteiger partial charge < -0.3 is 9.47 Å². The predicted octanol–water partition coefficient (Wildman–Crippen LogP) is 3.49. The highest BCUT2D eigenvalue weighted by molar-refractivity contribution is 6.07. The molecule has 1 aromatic carbocycles. The van der Waals surface area contributed by atoms with E-state index in [0.717, 1.165) is 30.4 Å². The molecule has 0 bridgehead atoms. The number of para-hydroxylation sites is 1. The minimum absolute atomic E-state index is 0.0429. The Labute approximate surface area is 160 Å². The Bertz CT molecular complexity index is 844. The second-order valence-corrected chi connectivity index (χ2v) is 7.94. The number of amides is 1. The van der Waals surface area contributed by atoms with Gasteiger partial charge in [0, 0.05) is 41.8 Å². The van der Waals surface area contributed by atoms with Gasteiger partial charge in [-0.2, -0.15) is 0 Å². The number of nitrogens with zero attached hydrogens (tertiary/aromatic N) is 3. The Hall–Kier alpha value is -2.14. The minimum Gasteiger partial charge on any atom is -0.338 e. The molecule has 27 heavy (non-hydrogen) atoms. The van der Waals surface area contributed by atoms with Crippen LogP contribution in [0.5, 0.6) is 0 Å². The number of likely N-dealkylation sites (tertiary alicyclic amines) is 2. The van der Waals surface area contributed by atoms with Crippen LogP contribution < -0.4 is 0 Å². The number of rotatable bonds is 5. The zero-order valence-corrected chi connectivity index (χ0v) is 16.4. The standard InChI is InChI=1S/C22H29N3O2/c1-3-20(22(27)24-13-17(14-24)23-11-7-4-8-12-23)25-15-19(16(2)26)18-9-5-6-10-21(18)25/h5-6,9-10,15,17,20H,3-4,7-8,11-14H2,1-2H3. The van der Waals surface area contributed by atoms with E-state index in [1.807, 2.05) is 46.9 Å². The van der Waals surface area contributed by atoms with Crippen molar-refractivity contribution in [2.24, 2.45) is 0 Å². The highest BCUT2D eigenvalue weighted by Gasteiger charge is 2.38. The van der Waals surface area contributed by atoms with E-state index in [1.54, 1.807) is 6.92 Å². The smallest absolute Gasteiger partial charge is 0.245 e. The Morgan fingerprint density at radius 2 is 1.81 bits per heavy atom. The van der Waals surface area contributed by atoms with E-state index < -0.39 is 0 Å². The first-order valence-electron chi connectivity index (χ1n) is 10.2. The van der Waals surface area contributed by atoms with Crippen LogP contribution >= 0.6 is 0 Å². The van der Waals surface area contributed by atoms with Crippen molar-refractivity contribution < 1.29 is 9.59 Å². The monoisotopic (exact) mass is 367 g/mol. The molecule has 4 rings (SSSR count). The summed E-state index contributed by atoms with van der Waals surface area (Å²) >= 11 is 0. The third kappa shape index (κ3) is 3.29. The van der Waals surface area contributed by atoms with Crippen LogP contribution in [0.15, 0.2) is 30.5 Å². The largest absolute Gasteiger partial charge is 0.338 e. The quantitative estimate of drug-likeness (QED) is 0.760. The lowest BCUT2D eigenvalue weighted by Gasteiger charge is -2.47. The summed E-state index contributed by atoms with van der Waals surface area (Å²) in [6, 6.07) is 8.17. The van der Waals surface area contributed by atoms with Gasteiger partial charge in [0.05, 0.1) is 0 Å². The van der Waals surface area contributed by atoms with Crippen LogP contribution in [0, 0.1) is 0 Å². The highest BCUT2D eigenvalue weighted by Crippen LogP contribution is 2.29. The summed E-state index contributed by atoms with van der Waals surface area (Å²) in [5.41, 5.74) is 1.67.